The molecule has 0 amide bonds. The van der Waals surface area contributed by atoms with Crippen LogP contribution in [0.1, 0.15) is 5.56 Å². The molecule has 4 aromatic rings. The van der Waals surface area contributed by atoms with E-state index in [1.807, 2.05) is 0 Å². The molecular formula is C16H14N8O4. The van der Waals surface area contributed by atoms with Crippen molar-refractivity contribution < 1.29 is 14.6 Å². The summed E-state index contributed by atoms with van der Waals surface area (Å²) in [7, 11) is 0. The van der Waals surface area contributed by atoms with Crippen molar-refractivity contribution in [3.8, 4) is 17.5 Å². The van der Waals surface area contributed by atoms with E-state index in [0.29, 0.717) is 22.6 Å². The van der Waals surface area contributed by atoms with Crippen LogP contribution in [0.2, 0.25) is 0 Å². The number of H-pyrrole nitrogens is 2. The molecule has 0 saturated heterocycles. The number of carbonyl (C=O) groups is 1. The molecule has 12 heteroatoms. The van der Waals surface area contributed by atoms with Gasteiger partial charge in [0, 0.05) is 24.7 Å². The second-order valence-electron chi connectivity index (χ2n) is 5.77. The summed E-state index contributed by atoms with van der Waals surface area (Å²) in [5.74, 6) is -0.110. The van der Waals surface area contributed by atoms with E-state index in [1.54, 1.807) is 18.5 Å². The van der Waals surface area contributed by atoms with Gasteiger partial charge in [0.2, 0.25) is 5.88 Å². The average Bonchev–Trinajstić information content (AvgIpc) is 3.31. The number of rotatable bonds is 6. The summed E-state index contributed by atoms with van der Waals surface area (Å²) in [6, 6.07) is 3.20. The van der Waals surface area contributed by atoms with Crippen molar-refractivity contribution in [2.75, 3.05) is 12.3 Å². The minimum atomic E-state index is -1.10. The van der Waals surface area contributed by atoms with Crippen LogP contribution in [0.15, 0.2) is 35.5 Å². The summed E-state index contributed by atoms with van der Waals surface area (Å²) in [5.41, 5.74) is 6.90. The number of aromatic amines is 2. The molecule has 28 heavy (non-hydrogen) atoms. The fourth-order valence-electron chi connectivity index (χ4n) is 2.60. The molecule has 0 spiro atoms. The lowest BCUT2D eigenvalue weighted by atomic mass is 10.3. The summed E-state index contributed by atoms with van der Waals surface area (Å²) in [6.45, 7) is -0.320. The van der Waals surface area contributed by atoms with Crippen molar-refractivity contribution in [3.05, 3.63) is 46.8 Å². The Kier molecular flexibility index (Phi) is 4.20. The zero-order valence-corrected chi connectivity index (χ0v) is 14.3. The number of anilines is 1. The number of carboxylic acids is 1. The van der Waals surface area contributed by atoms with Gasteiger partial charge in [0.05, 0.1) is 6.54 Å². The van der Waals surface area contributed by atoms with Crippen LogP contribution in [-0.4, -0.2) is 52.2 Å². The van der Waals surface area contributed by atoms with Gasteiger partial charge in [0.25, 0.3) is 0 Å². The standard InChI is InChI=1S/C16H14N8O4/c17-12-11-15(23-14(22-12)13-18-3-4-19-13)24(16(27)21-11)6-8-1-2-9(20-5-8)28-7-10(25)26/h1-5H,6-7H2,(H,18,19)(H,21,27)(H,25,26)(H2,17,22,23). The van der Waals surface area contributed by atoms with Crippen LogP contribution in [-0.2, 0) is 11.3 Å². The van der Waals surface area contributed by atoms with E-state index in [1.165, 1.54) is 16.8 Å². The number of nitrogen functional groups attached to an aromatic ring is 1. The predicted octanol–water partition coefficient (Wildman–Crippen LogP) is -0.00140. The summed E-state index contributed by atoms with van der Waals surface area (Å²) < 4.78 is 6.39. The van der Waals surface area contributed by atoms with Gasteiger partial charge < -0.3 is 25.5 Å². The van der Waals surface area contributed by atoms with Gasteiger partial charge >= 0.3 is 11.7 Å². The van der Waals surface area contributed by atoms with Gasteiger partial charge in [-0.2, -0.15) is 0 Å². The second-order valence-corrected chi connectivity index (χ2v) is 5.77. The highest BCUT2D eigenvalue weighted by molar-refractivity contribution is 5.83. The van der Waals surface area contributed by atoms with E-state index in [4.69, 9.17) is 15.6 Å². The molecule has 4 heterocycles. The number of imidazole rings is 2. The highest BCUT2D eigenvalue weighted by atomic mass is 16.5. The number of fused-ring (bicyclic) bond motifs is 1. The second kappa shape index (κ2) is 6.83. The molecule has 0 bridgehead atoms. The number of pyridine rings is 1. The molecule has 0 radical (unpaired) electrons. The van der Waals surface area contributed by atoms with Crippen LogP contribution in [0.25, 0.3) is 22.8 Å². The highest BCUT2D eigenvalue weighted by Crippen LogP contribution is 2.19. The number of nitrogens with one attached hydrogen (secondary N) is 2. The summed E-state index contributed by atoms with van der Waals surface area (Å²) >= 11 is 0. The molecule has 142 valence electrons. The normalized spacial score (nSPS) is 11.0. The number of aliphatic carboxylic acids is 1. The summed E-state index contributed by atoms with van der Waals surface area (Å²) in [5, 5.41) is 8.62. The van der Waals surface area contributed by atoms with Gasteiger partial charge in [-0.1, -0.05) is 6.07 Å². The number of ether oxygens (including phenoxy) is 1. The van der Waals surface area contributed by atoms with Crippen molar-refractivity contribution in [3.63, 3.8) is 0 Å². The van der Waals surface area contributed by atoms with Crippen molar-refractivity contribution in [1.82, 2.24) is 34.5 Å². The summed E-state index contributed by atoms with van der Waals surface area (Å²) in [4.78, 5) is 45.1. The first kappa shape index (κ1) is 17.2. The first-order chi connectivity index (χ1) is 13.5. The van der Waals surface area contributed by atoms with Crippen molar-refractivity contribution in [2.45, 2.75) is 6.54 Å². The Balaban J connectivity index is 1.67. The van der Waals surface area contributed by atoms with Crippen LogP contribution in [0, 0.1) is 0 Å². The Morgan fingerprint density at radius 3 is 2.82 bits per heavy atom. The Hall–Kier alpha value is -4.22. The smallest absolute Gasteiger partial charge is 0.341 e. The van der Waals surface area contributed by atoms with Gasteiger partial charge in [-0.05, 0) is 5.56 Å². The third-order valence-electron chi connectivity index (χ3n) is 3.84. The molecule has 4 aromatic heterocycles. The topological polar surface area (TPSA) is 178 Å². The molecule has 0 aliphatic carbocycles. The van der Waals surface area contributed by atoms with E-state index in [0.717, 1.165) is 0 Å². The maximum Gasteiger partial charge on any atom is 0.341 e. The monoisotopic (exact) mass is 382 g/mol. The van der Waals surface area contributed by atoms with Crippen LogP contribution in [0.3, 0.4) is 0 Å². The fraction of sp³-hybridized carbons (Fsp3) is 0.125. The van der Waals surface area contributed by atoms with E-state index in [2.05, 4.69) is 29.9 Å². The minimum Gasteiger partial charge on any atom is -0.479 e. The molecule has 5 N–H and O–H groups in total. The van der Waals surface area contributed by atoms with Crippen molar-refractivity contribution in [1.29, 1.82) is 0 Å². The number of nitrogens with two attached hydrogens (primary N) is 1. The molecule has 0 aliphatic heterocycles. The van der Waals surface area contributed by atoms with Crippen LogP contribution < -0.4 is 16.2 Å². The van der Waals surface area contributed by atoms with E-state index < -0.39 is 18.3 Å². The van der Waals surface area contributed by atoms with Gasteiger partial charge in [-0.3, -0.25) is 4.57 Å². The number of hydrogen-bond acceptors (Lipinski definition) is 8. The lowest BCUT2D eigenvalue weighted by Gasteiger charge is -2.06. The van der Waals surface area contributed by atoms with Crippen LogP contribution in [0.4, 0.5) is 5.82 Å². The van der Waals surface area contributed by atoms with Gasteiger partial charge in [0.1, 0.15) is 5.52 Å². The number of hydrogen-bond donors (Lipinski definition) is 4. The Bertz CT molecular complexity index is 1190. The van der Waals surface area contributed by atoms with E-state index >= 15 is 0 Å². The molecule has 0 saturated carbocycles. The Labute approximate surface area is 156 Å². The number of nitrogens with zero attached hydrogens (tertiary/aromatic N) is 5. The maximum atomic E-state index is 12.4. The third-order valence-corrected chi connectivity index (χ3v) is 3.84. The highest BCUT2D eigenvalue weighted by Gasteiger charge is 2.16. The van der Waals surface area contributed by atoms with E-state index in [-0.39, 0.29) is 24.1 Å². The number of carboxylic acid groups (broad SMARTS) is 1. The molecule has 4 rings (SSSR count). The maximum absolute atomic E-state index is 12.4. The predicted molar refractivity (Wildman–Crippen MR) is 96.6 cm³/mol. The summed E-state index contributed by atoms with van der Waals surface area (Å²) in [6.07, 6.45) is 4.67. The first-order valence-corrected chi connectivity index (χ1v) is 8.06. The fourth-order valence-corrected chi connectivity index (χ4v) is 2.60. The first-order valence-electron chi connectivity index (χ1n) is 8.06. The lowest BCUT2D eigenvalue weighted by molar-refractivity contribution is -0.139. The Morgan fingerprint density at radius 2 is 2.14 bits per heavy atom. The van der Waals surface area contributed by atoms with Crippen LogP contribution >= 0.6 is 0 Å². The quantitative estimate of drug-likeness (QED) is 0.357. The van der Waals surface area contributed by atoms with Gasteiger partial charge in [0.15, 0.2) is 29.7 Å². The molecule has 0 aromatic carbocycles. The number of aromatic nitrogens is 7. The Morgan fingerprint density at radius 1 is 1.29 bits per heavy atom. The van der Waals surface area contributed by atoms with Gasteiger partial charge in [-0.25, -0.2) is 29.5 Å². The molecular weight excluding hydrogens is 368 g/mol. The van der Waals surface area contributed by atoms with Crippen LogP contribution in [0.5, 0.6) is 5.88 Å². The molecule has 0 aliphatic rings. The van der Waals surface area contributed by atoms with Crippen molar-refractivity contribution in [2.24, 2.45) is 0 Å². The molecule has 12 nitrogen and oxygen atoms in total. The third kappa shape index (κ3) is 3.25. The average molecular weight is 382 g/mol. The molecule has 0 fully saturated rings. The van der Waals surface area contributed by atoms with E-state index in [9.17, 15) is 9.59 Å². The lowest BCUT2D eigenvalue weighted by Crippen LogP contribution is -2.18. The zero-order chi connectivity index (χ0) is 19.7. The van der Waals surface area contributed by atoms with Crippen molar-refractivity contribution >= 4 is 23.0 Å². The molecule has 0 atom stereocenters. The molecule has 0 unspecified atom stereocenters. The van der Waals surface area contributed by atoms with Gasteiger partial charge in [-0.15, -0.1) is 0 Å². The SMILES string of the molecule is Nc1nc(-c2ncc[nH]2)nc2c1[nH]c(=O)n2Cc1ccc(OCC(=O)O)nc1. The minimum absolute atomic E-state index is 0.128. The zero-order valence-electron chi connectivity index (χ0n) is 14.3. The largest absolute Gasteiger partial charge is 0.479 e.